The van der Waals surface area contributed by atoms with Gasteiger partial charge in [0.15, 0.2) is 0 Å². The third-order valence-corrected chi connectivity index (χ3v) is 7.33. The number of amides is 3. The third kappa shape index (κ3) is 11.3. The summed E-state index contributed by atoms with van der Waals surface area (Å²) in [4.78, 5) is 55.9. The molecule has 0 aliphatic carbocycles. The second-order valence-electron chi connectivity index (χ2n) is 13.6. The standard InChI is InChI=1S/C35H49N3O8/c1-24(30(40)37-20-14-19-28(37)31(41)45-34(2,3)4)38(33(43)44-23-26-17-12-9-13-18-26)22-29(39)27(21-25-15-10-8-11-16-25)36-32(42)46-35(5,6)7/h8-13,15-18,24,27-29,39H,14,19-23H2,1-7H3,(H,36,42)/t24-,27-,28-,29?/m0/s1. The van der Waals surface area contributed by atoms with Crippen molar-refractivity contribution in [2.75, 3.05) is 13.1 Å². The van der Waals surface area contributed by atoms with E-state index >= 15 is 0 Å². The normalized spacial score (nSPS) is 17.0. The number of carbonyl (C=O) groups is 4. The zero-order chi connectivity index (χ0) is 34.1. The molecule has 0 radical (unpaired) electrons. The average Bonchev–Trinajstić information content (AvgIpc) is 3.47. The Morgan fingerprint density at radius 1 is 0.913 bits per heavy atom. The zero-order valence-electron chi connectivity index (χ0n) is 28.0. The van der Waals surface area contributed by atoms with Crippen LogP contribution in [0.15, 0.2) is 60.7 Å². The molecule has 0 aromatic heterocycles. The number of hydrogen-bond acceptors (Lipinski definition) is 8. The second-order valence-corrected chi connectivity index (χ2v) is 13.6. The highest BCUT2D eigenvalue weighted by molar-refractivity contribution is 5.90. The van der Waals surface area contributed by atoms with Gasteiger partial charge < -0.3 is 29.5 Å². The van der Waals surface area contributed by atoms with Crippen molar-refractivity contribution < 1.29 is 38.5 Å². The average molecular weight is 640 g/mol. The molecule has 1 saturated heterocycles. The predicted molar refractivity (Wildman–Crippen MR) is 173 cm³/mol. The van der Waals surface area contributed by atoms with Crippen LogP contribution in [0.1, 0.15) is 72.4 Å². The van der Waals surface area contributed by atoms with E-state index in [2.05, 4.69) is 5.32 Å². The molecule has 46 heavy (non-hydrogen) atoms. The highest BCUT2D eigenvalue weighted by atomic mass is 16.6. The fourth-order valence-electron chi connectivity index (χ4n) is 5.15. The molecule has 2 aromatic rings. The SMILES string of the molecule is C[C@@H](C(=O)N1CCC[C@H]1C(=O)OC(C)(C)C)N(CC(O)[C@H](Cc1ccccc1)NC(=O)OC(C)(C)C)C(=O)OCc1ccccc1. The lowest BCUT2D eigenvalue weighted by Gasteiger charge is -2.35. The first-order chi connectivity index (χ1) is 21.5. The van der Waals surface area contributed by atoms with E-state index in [9.17, 15) is 24.3 Å². The molecule has 2 N–H and O–H groups in total. The van der Waals surface area contributed by atoms with E-state index in [0.717, 1.165) is 16.0 Å². The van der Waals surface area contributed by atoms with Gasteiger partial charge in [0.05, 0.1) is 18.7 Å². The van der Waals surface area contributed by atoms with Crippen LogP contribution in [0.25, 0.3) is 0 Å². The second kappa shape index (κ2) is 15.9. The first-order valence-corrected chi connectivity index (χ1v) is 15.8. The van der Waals surface area contributed by atoms with Crippen molar-refractivity contribution in [1.29, 1.82) is 0 Å². The smallest absolute Gasteiger partial charge is 0.410 e. The summed E-state index contributed by atoms with van der Waals surface area (Å²) in [6.45, 7) is 11.9. The largest absolute Gasteiger partial charge is 0.458 e. The maximum atomic E-state index is 13.9. The van der Waals surface area contributed by atoms with Gasteiger partial charge in [-0.2, -0.15) is 0 Å². The molecule has 11 nitrogen and oxygen atoms in total. The first kappa shape index (κ1) is 36.3. The molecule has 1 heterocycles. The predicted octanol–water partition coefficient (Wildman–Crippen LogP) is 4.84. The van der Waals surface area contributed by atoms with Gasteiger partial charge >= 0.3 is 18.2 Å². The molecule has 4 atom stereocenters. The number of nitrogens with zero attached hydrogens (tertiary/aromatic N) is 2. The number of nitrogens with one attached hydrogen (secondary N) is 1. The van der Waals surface area contributed by atoms with Crippen LogP contribution in [0, 0.1) is 0 Å². The summed E-state index contributed by atoms with van der Waals surface area (Å²) < 4.78 is 16.6. The van der Waals surface area contributed by atoms with Gasteiger partial charge in [0.1, 0.15) is 29.9 Å². The third-order valence-electron chi connectivity index (χ3n) is 7.33. The summed E-state index contributed by atoms with van der Waals surface area (Å²) in [5.74, 6) is -0.981. The van der Waals surface area contributed by atoms with Crippen LogP contribution in [-0.4, -0.2) is 87.5 Å². The van der Waals surface area contributed by atoms with Crippen molar-refractivity contribution in [2.24, 2.45) is 0 Å². The number of ether oxygens (including phenoxy) is 3. The van der Waals surface area contributed by atoms with Crippen LogP contribution in [0.3, 0.4) is 0 Å². The first-order valence-electron chi connectivity index (χ1n) is 15.8. The van der Waals surface area contributed by atoms with Crippen LogP contribution in [0.5, 0.6) is 0 Å². The van der Waals surface area contributed by atoms with Crippen molar-refractivity contribution in [3.05, 3.63) is 71.8 Å². The van der Waals surface area contributed by atoms with E-state index in [1.165, 1.54) is 11.8 Å². The molecule has 1 unspecified atom stereocenters. The topological polar surface area (TPSA) is 135 Å². The lowest BCUT2D eigenvalue weighted by molar-refractivity contribution is -0.164. The number of likely N-dealkylation sites (tertiary alicyclic amines) is 1. The number of aliphatic hydroxyl groups excluding tert-OH is 1. The van der Waals surface area contributed by atoms with Crippen molar-refractivity contribution in [1.82, 2.24) is 15.1 Å². The molecule has 252 valence electrons. The maximum absolute atomic E-state index is 13.9. The zero-order valence-corrected chi connectivity index (χ0v) is 28.0. The molecule has 11 heteroatoms. The quantitative estimate of drug-likeness (QED) is 0.264. The van der Waals surface area contributed by atoms with Crippen LogP contribution in [0.2, 0.25) is 0 Å². The Labute approximate surface area is 272 Å². The minimum Gasteiger partial charge on any atom is -0.458 e. The lowest BCUT2D eigenvalue weighted by atomic mass is 10.0. The Balaban J connectivity index is 1.87. The molecule has 1 aliphatic heterocycles. The van der Waals surface area contributed by atoms with Crippen molar-refractivity contribution in [2.45, 2.75) is 110 Å². The van der Waals surface area contributed by atoms with Gasteiger partial charge in [-0.1, -0.05) is 60.7 Å². The Hall–Kier alpha value is -4.12. The van der Waals surface area contributed by atoms with E-state index in [0.29, 0.717) is 19.4 Å². The van der Waals surface area contributed by atoms with E-state index < -0.39 is 59.5 Å². The molecule has 3 amide bonds. The van der Waals surface area contributed by atoms with Crippen LogP contribution < -0.4 is 5.32 Å². The highest BCUT2D eigenvalue weighted by Crippen LogP contribution is 2.24. The minimum atomic E-state index is -1.33. The Kier molecular flexibility index (Phi) is 12.6. The fraction of sp³-hybridized carbons (Fsp3) is 0.543. The number of aliphatic hydroxyl groups is 1. The molecule has 0 saturated carbocycles. The Bertz CT molecular complexity index is 1310. The van der Waals surface area contributed by atoms with Gasteiger partial charge in [-0.3, -0.25) is 9.69 Å². The summed E-state index contributed by atoms with van der Waals surface area (Å²) in [6.07, 6.45) is -1.62. The monoisotopic (exact) mass is 639 g/mol. The Morgan fingerprint density at radius 3 is 2.04 bits per heavy atom. The maximum Gasteiger partial charge on any atom is 0.410 e. The molecule has 3 rings (SSSR count). The van der Waals surface area contributed by atoms with E-state index in [1.54, 1.807) is 53.7 Å². The number of hydrogen-bond donors (Lipinski definition) is 2. The molecule has 0 spiro atoms. The van der Waals surface area contributed by atoms with Crippen molar-refractivity contribution >= 4 is 24.1 Å². The number of esters is 1. The molecule has 2 aromatic carbocycles. The van der Waals surface area contributed by atoms with Gasteiger partial charge in [0.2, 0.25) is 5.91 Å². The number of carbonyl (C=O) groups excluding carboxylic acids is 4. The summed E-state index contributed by atoms with van der Waals surface area (Å²) in [5, 5.41) is 14.3. The fourth-order valence-corrected chi connectivity index (χ4v) is 5.15. The molecule has 1 fully saturated rings. The van der Waals surface area contributed by atoms with Crippen LogP contribution in [-0.2, 0) is 36.8 Å². The summed E-state index contributed by atoms with van der Waals surface area (Å²) in [5.41, 5.74) is 0.0726. The number of alkyl carbamates (subject to hydrolysis) is 1. The van der Waals surface area contributed by atoms with Gasteiger partial charge in [0, 0.05) is 6.54 Å². The molecule has 1 aliphatic rings. The van der Waals surface area contributed by atoms with E-state index in [-0.39, 0.29) is 19.6 Å². The summed E-state index contributed by atoms with van der Waals surface area (Å²) >= 11 is 0. The van der Waals surface area contributed by atoms with E-state index in [4.69, 9.17) is 14.2 Å². The molecular formula is C35H49N3O8. The Morgan fingerprint density at radius 2 is 1.48 bits per heavy atom. The summed E-state index contributed by atoms with van der Waals surface area (Å²) in [6, 6.07) is 15.6. The lowest BCUT2D eigenvalue weighted by Crippen LogP contribution is -2.57. The van der Waals surface area contributed by atoms with Gasteiger partial charge in [0.25, 0.3) is 0 Å². The number of benzene rings is 2. The van der Waals surface area contributed by atoms with Crippen molar-refractivity contribution in [3.63, 3.8) is 0 Å². The van der Waals surface area contributed by atoms with Gasteiger partial charge in [-0.05, 0) is 78.9 Å². The van der Waals surface area contributed by atoms with Gasteiger partial charge in [-0.15, -0.1) is 0 Å². The molecule has 0 bridgehead atoms. The van der Waals surface area contributed by atoms with E-state index in [1.807, 2.05) is 48.5 Å². The highest BCUT2D eigenvalue weighted by Gasteiger charge is 2.41. The summed E-state index contributed by atoms with van der Waals surface area (Å²) in [7, 11) is 0. The van der Waals surface area contributed by atoms with Crippen LogP contribution >= 0.6 is 0 Å². The molecular weight excluding hydrogens is 590 g/mol. The van der Waals surface area contributed by atoms with Gasteiger partial charge in [-0.25, -0.2) is 14.4 Å². The minimum absolute atomic E-state index is 0.0545. The van der Waals surface area contributed by atoms with Crippen LogP contribution in [0.4, 0.5) is 9.59 Å². The number of rotatable bonds is 11. The van der Waals surface area contributed by atoms with Crippen molar-refractivity contribution in [3.8, 4) is 0 Å².